The van der Waals surface area contributed by atoms with Crippen LogP contribution < -0.4 is 20.3 Å². The second-order valence-electron chi connectivity index (χ2n) is 18.5. The fourth-order valence-corrected chi connectivity index (χ4v) is 10.7. The molecule has 0 unspecified atom stereocenters. The number of likely N-dealkylation sites (tertiary alicyclic amines) is 1. The number of nitrogens with one attached hydrogen (secondary N) is 2. The van der Waals surface area contributed by atoms with Crippen molar-refractivity contribution >= 4 is 17.5 Å². The standard InChI is InChI=1S/C48H67N5O6/c1-8-58-45-33(27-53-44(43(31(3)55)42(29-54)59-53)47(57)50-41-26-36-25-40(30(41)2)48(36,4)5)17-14-18-39(45)34-22-35(24-38(23-34)51(6)7)46(56)49-37(28-52-19-12-13-20-52)21-32-15-10-9-11-16-32/h9-11,14-18,22-24,30-31,36-37,40-44,54-55H,8,12-13,19-21,25-29H2,1-7H3,(H,49,56)(H,50,57)/t30-,31-,36-,37-,40+,41-,42-,43+,44-/m0/s1. The van der Waals surface area contributed by atoms with Crippen molar-refractivity contribution in [3.63, 3.8) is 0 Å². The second-order valence-corrected chi connectivity index (χ2v) is 18.5. The number of aliphatic hydroxyl groups is 2. The lowest BCUT2D eigenvalue weighted by atomic mass is 9.45. The number of carbonyl (C=O) groups excluding carboxylic acids is 2. The zero-order valence-electron chi connectivity index (χ0n) is 36.2. The van der Waals surface area contributed by atoms with Gasteiger partial charge in [-0.1, -0.05) is 69.3 Å². The summed E-state index contributed by atoms with van der Waals surface area (Å²) in [5, 5.41) is 29.9. The van der Waals surface area contributed by atoms with Crippen LogP contribution in [0.25, 0.3) is 11.1 Å². The van der Waals surface area contributed by atoms with Crippen molar-refractivity contribution in [2.75, 3.05) is 51.8 Å². The Morgan fingerprint density at radius 3 is 2.42 bits per heavy atom. The molecule has 3 aromatic rings. The molecule has 9 atom stereocenters. The number of hydrogen-bond donors (Lipinski definition) is 4. The Hall–Kier alpha value is -4.00. The quantitative estimate of drug-likeness (QED) is 0.140. The highest BCUT2D eigenvalue weighted by molar-refractivity contribution is 5.97. The second kappa shape index (κ2) is 18.3. The molecular weight excluding hydrogens is 743 g/mol. The van der Waals surface area contributed by atoms with E-state index in [0.29, 0.717) is 35.7 Å². The number of aliphatic hydroxyl groups excluding tert-OH is 2. The van der Waals surface area contributed by atoms with E-state index in [1.165, 1.54) is 24.8 Å². The fraction of sp³-hybridized carbons (Fsp3) is 0.583. The Kier molecular flexibility index (Phi) is 13.4. The van der Waals surface area contributed by atoms with Crippen molar-refractivity contribution < 1.29 is 29.4 Å². The van der Waals surface area contributed by atoms with Gasteiger partial charge in [0.15, 0.2) is 0 Å². The van der Waals surface area contributed by atoms with Crippen LogP contribution in [0.15, 0.2) is 66.7 Å². The van der Waals surface area contributed by atoms with Gasteiger partial charge in [-0.25, -0.2) is 0 Å². The number of benzene rings is 3. The summed E-state index contributed by atoms with van der Waals surface area (Å²) in [5.74, 6) is 1.12. The largest absolute Gasteiger partial charge is 0.493 e. The predicted molar refractivity (Wildman–Crippen MR) is 232 cm³/mol. The van der Waals surface area contributed by atoms with Crippen LogP contribution in [-0.2, 0) is 22.6 Å². The van der Waals surface area contributed by atoms with Crippen LogP contribution >= 0.6 is 0 Å². The van der Waals surface area contributed by atoms with Crippen LogP contribution in [0.2, 0.25) is 0 Å². The number of carbonyl (C=O) groups is 2. The molecule has 8 rings (SSSR count). The highest BCUT2D eigenvalue weighted by Crippen LogP contribution is 2.61. The first kappa shape index (κ1) is 43.1. The van der Waals surface area contributed by atoms with Crippen molar-refractivity contribution in [3.05, 3.63) is 83.4 Å². The molecule has 0 spiro atoms. The molecule has 3 saturated carbocycles. The lowest BCUT2D eigenvalue weighted by Crippen LogP contribution is -2.62. The van der Waals surface area contributed by atoms with Gasteiger partial charge in [0.25, 0.3) is 5.91 Å². The summed E-state index contributed by atoms with van der Waals surface area (Å²) in [6.45, 7) is 13.7. The Balaban J connectivity index is 1.17. The summed E-state index contributed by atoms with van der Waals surface area (Å²) in [7, 11) is 3.94. The molecule has 2 aliphatic heterocycles. The summed E-state index contributed by atoms with van der Waals surface area (Å²) in [4.78, 5) is 39.5. The van der Waals surface area contributed by atoms with Gasteiger partial charge < -0.3 is 35.4 Å². The third-order valence-corrected chi connectivity index (χ3v) is 14.1. The first-order chi connectivity index (χ1) is 28.3. The van der Waals surface area contributed by atoms with Gasteiger partial charge >= 0.3 is 0 Å². The third-order valence-electron chi connectivity index (χ3n) is 14.1. The van der Waals surface area contributed by atoms with Crippen molar-refractivity contribution in [1.29, 1.82) is 0 Å². The van der Waals surface area contributed by atoms with Crippen LogP contribution in [0.3, 0.4) is 0 Å². The van der Waals surface area contributed by atoms with Crippen molar-refractivity contribution in [2.45, 2.75) is 104 Å². The van der Waals surface area contributed by atoms with E-state index in [9.17, 15) is 19.8 Å². The molecule has 320 valence electrons. The first-order valence-electron chi connectivity index (χ1n) is 22.0. The molecule has 2 heterocycles. The summed E-state index contributed by atoms with van der Waals surface area (Å²) in [5.41, 5.74) is 5.32. The SMILES string of the molecule is CCOc1c(CN2O[C@@H](CO)[C@@H]([C@H](C)O)[C@H]2C(=O)N[C@H]2C[C@@H]3C[C@H]([C@@H]2C)C3(C)C)cccc1-c1cc(C(=O)N[C@@H](Cc2ccccc2)CN2CCCC2)cc(N(C)C)c1. The van der Waals surface area contributed by atoms with Crippen molar-refractivity contribution in [1.82, 2.24) is 20.6 Å². The van der Waals surface area contributed by atoms with Crippen LogP contribution in [0.1, 0.15) is 81.8 Å². The third kappa shape index (κ3) is 9.20. The van der Waals surface area contributed by atoms with Gasteiger partial charge in [0.05, 0.1) is 25.9 Å². The van der Waals surface area contributed by atoms with Gasteiger partial charge in [-0.05, 0) is 112 Å². The summed E-state index contributed by atoms with van der Waals surface area (Å²) < 4.78 is 6.43. The number of nitrogens with zero attached hydrogens (tertiary/aromatic N) is 3. The average molecular weight is 810 g/mol. The van der Waals surface area contributed by atoms with E-state index in [4.69, 9.17) is 9.57 Å². The van der Waals surface area contributed by atoms with E-state index in [1.807, 2.05) is 74.4 Å². The zero-order chi connectivity index (χ0) is 42.0. The van der Waals surface area contributed by atoms with E-state index >= 15 is 0 Å². The van der Waals surface area contributed by atoms with Gasteiger partial charge in [-0.2, -0.15) is 5.06 Å². The molecule has 11 nitrogen and oxygen atoms in total. The Bertz CT molecular complexity index is 1910. The number of ether oxygens (including phenoxy) is 1. The van der Waals surface area contributed by atoms with E-state index in [2.05, 4.69) is 54.5 Å². The van der Waals surface area contributed by atoms with Gasteiger partial charge in [0.1, 0.15) is 17.9 Å². The molecule has 0 aromatic heterocycles. The number of anilines is 1. The zero-order valence-corrected chi connectivity index (χ0v) is 36.2. The minimum absolute atomic E-state index is 0.0375. The Labute approximate surface area is 351 Å². The predicted octanol–water partition coefficient (Wildman–Crippen LogP) is 5.92. The Morgan fingerprint density at radius 1 is 1.03 bits per heavy atom. The molecule has 11 heteroatoms. The smallest absolute Gasteiger partial charge is 0.251 e. The summed E-state index contributed by atoms with van der Waals surface area (Å²) in [6, 6.07) is 21.3. The van der Waals surface area contributed by atoms with Gasteiger partial charge in [-0.15, -0.1) is 0 Å². The molecule has 59 heavy (non-hydrogen) atoms. The number of rotatable bonds is 16. The number of hydrogen-bond acceptors (Lipinski definition) is 9. The average Bonchev–Trinajstić information content (AvgIpc) is 3.87. The number of amides is 2. The van der Waals surface area contributed by atoms with Gasteiger partial charge in [0.2, 0.25) is 5.91 Å². The molecule has 2 bridgehead atoms. The molecule has 5 aliphatic rings. The van der Waals surface area contributed by atoms with Crippen molar-refractivity contribution in [3.8, 4) is 16.9 Å². The Morgan fingerprint density at radius 2 is 1.78 bits per heavy atom. The highest BCUT2D eigenvalue weighted by Gasteiger charge is 2.57. The van der Waals surface area contributed by atoms with E-state index in [0.717, 1.165) is 54.9 Å². The van der Waals surface area contributed by atoms with Crippen LogP contribution in [0.5, 0.6) is 5.75 Å². The normalized spacial score (nSPS) is 27.4. The minimum Gasteiger partial charge on any atom is -0.493 e. The van der Waals surface area contributed by atoms with Gasteiger partial charge in [-0.3, -0.25) is 14.4 Å². The topological polar surface area (TPSA) is 127 Å². The minimum atomic E-state index is -0.900. The summed E-state index contributed by atoms with van der Waals surface area (Å²) in [6.07, 6.45) is 3.58. The molecule has 4 N–H and O–H groups in total. The maximum absolute atomic E-state index is 14.4. The highest BCUT2D eigenvalue weighted by atomic mass is 16.7. The van der Waals surface area contributed by atoms with Gasteiger partial charge in [0, 0.05) is 61.0 Å². The maximum atomic E-state index is 14.4. The molecule has 2 amide bonds. The van der Waals surface area contributed by atoms with Crippen LogP contribution in [-0.4, -0.2) is 109 Å². The molecule has 3 aromatic carbocycles. The number of para-hydroxylation sites is 1. The fourth-order valence-electron chi connectivity index (χ4n) is 10.7. The van der Waals surface area contributed by atoms with E-state index < -0.39 is 24.2 Å². The lowest BCUT2D eigenvalue weighted by molar-refractivity contribution is -0.183. The first-order valence-corrected chi connectivity index (χ1v) is 22.0. The number of fused-ring (bicyclic) bond motifs is 2. The van der Waals surface area contributed by atoms with Crippen LogP contribution in [0, 0.1) is 29.1 Å². The molecular formula is C48H67N5O6. The molecule has 0 radical (unpaired) electrons. The molecule has 2 saturated heterocycles. The molecule has 5 fully saturated rings. The number of hydroxylamine groups is 2. The molecule has 3 aliphatic carbocycles. The van der Waals surface area contributed by atoms with E-state index in [-0.39, 0.29) is 42.5 Å². The monoisotopic (exact) mass is 810 g/mol. The summed E-state index contributed by atoms with van der Waals surface area (Å²) >= 11 is 0. The van der Waals surface area contributed by atoms with Crippen LogP contribution in [0.4, 0.5) is 5.69 Å². The lowest BCUT2D eigenvalue weighted by Gasteiger charge is -2.62. The van der Waals surface area contributed by atoms with E-state index in [1.54, 1.807) is 12.0 Å². The van der Waals surface area contributed by atoms with Crippen molar-refractivity contribution in [2.24, 2.45) is 29.1 Å². The maximum Gasteiger partial charge on any atom is 0.251 e.